The van der Waals surface area contributed by atoms with E-state index in [-0.39, 0.29) is 31.1 Å². The topological polar surface area (TPSA) is 78.9 Å². The van der Waals surface area contributed by atoms with Crippen molar-refractivity contribution in [1.29, 1.82) is 0 Å². The Bertz CT molecular complexity index is 1250. The maximum absolute atomic E-state index is 12.9. The number of hydrogen-bond donors (Lipinski definition) is 0. The molecule has 0 heterocycles. The quantitative estimate of drug-likeness (QED) is 0.0262. The van der Waals surface area contributed by atoms with Gasteiger partial charge in [-0.05, 0) is 83.5 Å². The summed E-state index contributed by atoms with van der Waals surface area (Å²) < 4.78 is 16.9. The van der Waals surface area contributed by atoms with Crippen LogP contribution in [-0.4, -0.2) is 37.2 Å². The molecule has 0 rings (SSSR count). The van der Waals surface area contributed by atoms with E-state index in [1.54, 1.807) is 0 Å². The first kappa shape index (κ1) is 66.1. The van der Waals surface area contributed by atoms with E-state index in [2.05, 4.69) is 81.5 Å². The molecule has 0 radical (unpaired) electrons. The van der Waals surface area contributed by atoms with Gasteiger partial charge in [0.1, 0.15) is 13.2 Å². The fourth-order valence-electron chi connectivity index (χ4n) is 8.55. The molecule has 0 bridgehead atoms. The highest BCUT2D eigenvalue weighted by Gasteiger charge is 2.19. The molecule has 0 saturated carbocycles. The predicted molar refractivity (Wildman–Crippen MR) is 298 cm³/mol. The molecule has 400 valence electrons. The van der Waals surface area contributed by atoms with E-state index in [4.69, 9.17) is 14.2 Å². The Labute approximate surface area is 428 Å². The number of allylic oxidation sites excluding steroid dienone is 10. The molecule has 1 atom stereocenters. The number of unbranched alkanes of at least 4 members (excludes halogenated alkanes) is 33. The van der Waals surface area contributed by atoms with Crippen LogP contribution >= 0.6 is 0 Å². The summed E-state index contributed by atoms with van der Waals surface area (Å²) in [5.41, 5.74) is 0. The van der Waals surface area contributed by atoms with Gasteiger partial charge in [0.15, 0.2) is 6.10 Å². The van der Waals surface area contributed by atoms with Crippen LogP contribution in [0.25, 0.3) is 0 Å². The Kier molecular flexibility index (Phi) is 55.3. The number of rotatable bonds is 54. The fourth-order valence-corrected chi connectivity index (χ4v) is 8.55. The summed E-state index contributed by atoms with van der Waals surface area (Å²) in [7, 11) is 0. The van der Waals surface area contributed by atoms with Crippen LogP contribution < -0.4 is 0 Å². The molecular formula is C63H112O6. The lowest BCUT2D eigenvalue weighted by Crippen LogP contribution is -2.30. The summed E-state index contributed by atoms with van der Waals surface area (Å²) in [6.07, 6.45) is 72.1. The Hall–Kier alpha value is -2.89. The highest BCUT2D eigenvalue weighted by Crippen LogP contribution is 2.17. The molecule has 0 spiro atoms. The van der Waals surface area contributed by atoms with Gasteiger partial charge in [-0.3, -0.25) is 14.4 Å². The molecule has 0 amide bonds. The van der Waals surface area contributed by atoms with E-state index in [1.165, 1.54) is 141 Å². The lowest BCUT2D eigenvalue weighted by atomic mass is 10.0. The van der Waals surface area contributed by atoms with Crippen molar-refractivity contribution in [2.24, 2.45) is 0 Å². The fraction of sp³-hybridized carbons (Fsp3) is 0.794. The SMILES string of the molecule is CC/C=C\C/C=C\C/C=C\CCCCCCCC(=O)OCC(COC(=O)CCCCCCCCCCCCCCCCCCCCCC)OC(=O)CCCCCCC/C=C\C/C=C\CCCCCC. The van der Waals surface area contributed by atoms with E-state index >= 15 is 0 Å². The zero-order valence-corrected chi connectivity index (χ0v) is 45.8. The molecule has 1 unspecified atom stereocenters. The summed E-state index contributed by atoms with van der Waals surface area (Å²) in [4.78, 5) is 38.2. The number of carbonyl (C=O) groups excluding carboxylic acids is 3. The molecule has 0 saturated heterocycles. The normalized spacial score (nSPS) is 12.4. The van der Waals surface area contributed by atoms with Crippen LogP contribution in [0.4, 0.5) is 0 Å². The van der Waals surface area contributed by atoms with E-state index in [0.29, 0.717) is 19.3 Å². The smallest absolute Gasteiger partial charge is 0.306 e. The molecule has 0 aromatic rings. The maximum atomic E-state index is 12.9. The van der Waals surface area contributed by atoms with Gasteiger partial charge < -0.3 is 14.2 Å². The van der Waals surface area contributed by atoms with Gasteiger partial charge in [0.25, 0.3) is 0 Å². The summed E-state index contributed by atoms with van der Waals surface area (Å²) in [6.45, 7) is 6.52. The standard InChI is InChI=1S/C63H112O6/c1-4-7-10-13-16-19-22-25-28-30-31-32-33-36-38-41-44-47-50-53-56-62(65)68-59-60(58-67-61(64)55-52-49-46-43-40-37-34-27-24-21-18-15-12-9-6-3)69-63(66)57-54-51-48-45-42-39-35-29-26-23-20-17-14-11-8-5-2/h9,12,18,20-21,23,27,29,34-35,60H,4-8,10-11,13-17,19,22,24-26,28,30-33,36-59H2,1-3H3/b12-9-,21-18-,23-20-,34-27-,35-29-. The van der Waals surface area contributed by atoms with Gasteiger partial charge in [0.05, 0.1) is 0 Å². The van der Waals surface area contributed by atoms with Crippen LogP contribution in [0.15, 0.2) is 60.8 Å². The van der Waals surface area contributed by atoms with Crippen molar-refractivity contribution in [3.05, 3.63) is 60.8 Å². The molecule has 6 nitrogen and oxygen atoms in total. The van der Waals surface area contributed by atoms with Gasteiger partial charge in [-0.1, -0.05) is 261 Å². The lowest BCUT2D eigenvalue weighted by Gasteiger charge is -2.18. The van der Waals surface area contributed by atoms with Crippen LogP contribution in [0.5, 0.6) is 0 Å². The van der Waals surface area contributed by atoms with Crippen molar-refractivity contribution in [3.63, 3.8) is 0 Å². The van der Waals surface area contributed by atoms with Crippen molar-refractivity contribution < 1.29 is 28.6 Å². The van der Waals surface area contributed by atoms with Gasteiger partial charge in [0.2, 0.25) is 0 Å². The van der Waals surface area contributed by atoms with Crippen molar-refractivity contribution >= 4 is 17.9 Å². The summed E-state index contributed by atoms with van der Waals surface area (Å²) in [6, 6.07) is 0. The molecular weight excluding hydrogens is 853 g/mol. The van der Waals surface area contributed by atoms with Crippen LogP contribution in [0.3, 0.4) is 0 Å². The van der Waals surface area contributed by atoms with Crippen LogP contribution in [0.2, 0.25) is 0 Å². The highest BCUT2D eigenvalue weighted by atomic mass is 16.6. The molecule has 69 heavy (non-hydrogen) atoms. The zero-order valence-electron chi connectivity index (χ0n) is 45.8. The number of esters is 3. The molecule has 0 aromatic carbocycles. The Balaban J connectivity index is 4.36. The average molecular weight is 966 g/mol. The van der Waals surface area contributed by atoms with Crippen molar-refractivity contribution in [2.75, 3.05) is 13.2 Å². The largest absolute Gasteiger partial charge is 0.462 e. The van der Waals surface area contributed by atoms with Crippen LogP contribution in [0, 0.1) is 0 Å². The first-order chi connectivity index (χ1) is 34.0. The van der Waals surface area contributed by atoms with E-state index in [0.717, 1.165) is 122 Å². The second kappa shape index (κ2) is 57.7. The average Bonchev–Trinajstić information content (AvgIpc) is 3.35. The van der Waals surface area contributed by atoms with Gasteiger partial charge in [-0.25, -0.2) is 0 Å². The molecule has 0 aliphatic carbocycles. The monoisotopic (exact) mass is 965 g/mol. The van der Waals surface area contributed by atoms with Crippen molar-refractivity contribution in [1.82, 2.24) is 0 Å². The Morgan fingerprint density at radius 2 is 0.565 bits per heavy atom. The number of carbonyl (C=O) groups is 3. The minimum absolute atomic E-state index is 0.0830. The second-order valence-corrected chi connectivity index (χ2v) is 19.9. The van der Waals surface area contributed by atoms with Crippen LogP contribution in [0.1, 0.15) is 303 Å². The van der Waals surface area contributed by atoms with Gasteiger partial charge in [-0.15, -0.1) is 0 Å². The second-order valence-electron chi connectivity index (χ2n) is 19.9. The van der Waals surface area contributed by atoms with Gasteiger partial charge in [-0.2, -0.15) is 0 Å². The lowest BCUT2D eigenvalue weighted by molar-refractivity contribution is -0.167. The third-order valence-corrected chi connectivity index (χ3v) is 13.0. The zero-order chi connectivity index (χ0) is 50.0. The minimum Gasteiger partial charge on any atom is -0.462 e. The van der Waals surface area contributed by atoms with E-state index in [9.17, 15) is 14.4 Å². The summed E-state index contributed by atoms with van der Waals surface area (Å²) >= 11 is 0. The molecule has 0 aliphatic rings. The van der Waals surface area contributed by atoms with Crippen molar-refractivity contribution in [2.45, 2.75) is 309 Å². The van der Waals surface area contributed by atoms with Crippen LogP contribution in [-0.2, 0) is 28.6 Å². The minimum atomic E-state index is -0.788. The Morgan fingerprint density at radius 3 is 0.899 bits per heavy atom. The van der Waals surface area contributed by atoms with E-state index in [1.807, 2.05) is 0 Å². The number of ether oxygens (including phenoxy) is 3. The highest BCUT2D eigenvalue weighted by molar-refractivity contribution is 5.71. The van der Waals surface area contributed by atoms with E-state index < -0.39 is 6.10 Å². The summed E-state index contributed by atoms with van der Waals surface area (Å²) in [5.74, 6) is -0.901. The third kappa shape index (κ3) is 55.9. The summed E-state index contributed by atoms with van der Waals surface area (Å²) in [5, 5.41) is 0. The van der Waals surface area contributed by atoms with Gasteiger partial charge >= 0.3 is 17.9 Å². The third-order valence-electron chi connectivity index (χ3n) is 13.0. The van der Waals surface area contributed by atoms with Crippen molar-refractivity contribution in [3.8, 4) is 0 Å². The predicted octanol–water partition coefficient (Wildman–Crippen LogP) is 20.0. The molecule has 0 fully saturated rings. The molecule has 0 aromatic heterocycles. The number of hydrogen-bond acceptors (Lipinski definition) is 6. The first-order valence-electron chi connectivity index (χ1n) is 29.8. The first-order valence-corrected chi connectivity index (χ1v) is 29.8. The van der Waals surface area contributed by atoms with Gasteiger partial charge in [0, 0.05) is 19.3 Å². The molecule has 0 aliphatic heterocycles. The molecule has 6 heteroatoms. The molecule has 0 N–H and O–H groups in total. The Morgan fingerprint density at radius 1 is 0.304 bits per heavy atom. The maximum Gasteiger partial charge on any atom is 0.306 e.